The molecule has 10 nitrogen and oxygen atoms in total. The average Bonchev–Trinajstić information content (AvgIpc) is 3.26. The number of carbonyl (C=O) groups is 3. The molecule has 0 radical (unpaired) electrons. The first-order valence-corrected chi connectivity index (χ1v) is 12.7. The fourth-order valence-corrected chi connectivity index (χ4v) is 3.95. The summed E-state index contributed by atoms with van der Waals surface area (Å²) in [5.74, 6) is -3.08. The number of amides is 2. The first-order chi connectivity index (χ1) is 18.5. The fraction of sp³-hybridized carbons (Fsp3) is 0.483. The molecule has 1 aliphatic heterocycles. The van der Waals surface area contributed by atoms with Crippen LogP contribution in [-0.2, 0) is 38.0 Å². The van der Waals surface area contributed by atoms with Gasteiger partial charge in [0, 0.05) is 27.1 Å². The molecule has 1 heterocycles. The molecule has 212 valence electrons. The van der Waals surface area contributed by atoms with Crippen LogP contribution in [-0.4, -0.2) is 61.5 Å². The molecular formula is C29H37NO9. The van der Waals surface area contributed by atoms with Crippen molar-refractivity contribution >= 4 is 18.0 Å². The van der Waals surface area contributed by atoms with Crippen molar-refractivity contribution in [2.75, 3.05) is 20.8 Å². The Balaban J connectivity index is 1.88. The number of methoxy groups -OCH3 is 2. The molecule has 2 aromatic rings. The van der Waals surface area contributed by atoms with Crippen LogP contribution in [0.2, 0.25) is 0 Å². The van der Waals surface area contributed by atoms with Crippen LogP contribution in [0.25, 0.3) is 0 Å². The van der Waals surface area contributed by atoms with Gasteiger partial charge >= 0.3 is 6.16 Å². The Bertz CT molecular complexity index is 1090. The standard InChI is InChI=1S/C29H37NO9/c1-28(2,34-5)38-22(20-13-9-7-10-14-20)19-36-27(33)37-26(30-23(31)17-18-24(30)32)25(39-29(3,4)35-6)21-15-11-8-12-16-21/h7-16,22,25-26H,17-19H2,1-6H3. The number of nitrogens with zero attached hydrogens (tertiary/aromatic N) is 1. The molecule has 3 rings (SSSR count). The lowest BCUT2D eigenvalue weighted by Crippen LogP contribution is -2.48. The Hall–Kier alpha value is -3.31. The third kappa shape index (κ3) is 8.34. The maximum Gasteiger partial charge on any atom is 0.510 e. The van der Waals surface area contributed by atoms with Crippen LogP contribution < -0.4 is 0 Å². The fourth-order valence-electron chi connectivity index (χ4n) is 3.95. The third-order valence-corrected chi connectivity index (χ3v) is 6.29. The highest BCUT2D eigenvalue weighted by atomic mass is 16.8. The monoisotopic (exact) mass is 543 g/mol. The molecule has 1 fully saturated rings. The van der Waals surface area contributed by atoms with E-state index in [4.69, 9.17) is 28.4 Å². The summed E-state index contributed by atoms with van der Waals surface area (Å²) >= 11 is 0. The molecule has 0 bridgehead atoms. The molecule has 3 unspecified atom stereocenters. The number of imide groups is 1. The molecule has 0 spiro atoms. The van der Waals surface area contributed by atoms with Gasteiger partial charge in [-0.15, -0.1) is 0 Å². The molecule has 1 aliphatic rings. The average molecular weight is 544 g/mol. The van der Waals surface area contributed by atoms with Crippen LogP contribution in [0.4, 0.5) is 4.79 Å². The van der Waals surface area contributed by atoms with Gasteiger partial charge in [0.2, 0.25) is 18.0 Å². The minimum Gasteiger partial charge on any atom is -0.431 e. The van der Waals surface area contributed by atoms with E-state index in [0.29, 0.717) is 5.56 Å². The van der Waals surface area contributed by atoms with E-state index in [-0.39, 0.29) is 19.4 Å². The summed E-state index contributed by atoms with van der Waals surface area (Å²) in [6, 6.07) is 18.0. The van der Waals surface area contributed by atoms with E-state index in [1.54, 1.807) is 52.0 Å². The number of hydrogen-bond donors (Lipinski definition) is 0. The molecule has 2 aromatic carbocycles. The van der Waals surface area contributed by atoms with Crippen molar-refractivity contribution in [2.45, 2.75) is 70.5 Å². The predicted molar refractivity (Wildman–Crippen MR) is 140 cm³/mol. The normalized spacial score (nSPS) is 16.6. The van der Waals surface area contributed by atoms with Gasteiger partial charge in [-0.05, 0) is 38.8 Å². The topological polar surface area (TPSA) is 110 Å². The minimum atomic E-state index is -1.44. The van der Waals surface area contributed by atoms with Gasteiger partial charge in [0.05, 0.1) is 0 Å². The highest BCUT2D eigenvalue weighted by molar-refractivity contribution is 6.02. The van der Waals surface area contributed by atoms with Crippen molar-refractivity contribution in [1.82, 2.24) is 4.90 Å². The number of hydrogen-bond acceptors (Lipinski definition) is 9. The molecule has 10 heteroatoms. The predicted octanol–water partition coefficient (Wildman–Crippen LogP) is 4.90. The van der Waals surface area contributed by atoms with E-state index in [9.17, 15) is 14.4 Å². The van der Waals surface area contributed by atoms with Crippen LogP contribution in [0.1, 0.15) is 63.9 Å². The summed E-state index contributed by atoms with van der Waals surface area (Å²) in [4.78, 5) is 39.6. The second kappa shape index (κ2) is 13.2. The smallest absolute Gasteiger partial charge is 0.431 e. The first-order valence-electron chi connectivity index (χ1n) is 12.7. The van der Waals surface area contributed by atoms with Crippen molar-refractivity contribution < 1.29 is 42.8 Å². The van der Waals surface area contributed by atoms with Gasteiger partial charge in [0.25, 0.3) is 0 Å². The summed E-state index contributed by atoms with van der Waals surface area (Å²) in [5, 5.41) is 0. The number of likely N-dealkylation sites (tertiary alicyclic amines) is 1. The van der Waals surface area contributed by atoms with E-state index in [1.165, 1.54) is 14.2 Å². The number of benzene rings is 2. The van der Waals surface area contributed by atoms with Crippen LogP contribution in [0.3, 0.4) is 0 Å². The minimum absolute atomic E-state index is 0.00105. The molecule has 1 saturated heterocycles. The zero-order chi connectivity index (χ0) is 28.6. The van der Waals surface area contributed by atoms with Gasteiger partial charge in [-0.3, -0.25) is 9.59 Å². The van der Waals surface area contributed by atoms with Gasteiger partial charge in [-0.25, -0.2) is 9.69 Å². The zero-order valence-corrected chi connectivity index (χ0v) is 23.2. The van der Waals surface area contributed by atoms with Gasteiger partial charge in [-0.2, -0.15) is 0 Å². The van der Waals surface area contributed by atoms with Crippen LogP contribution in [0.15, 0.2) is 60.7 Å². The third-order valence-electron chi connectivity index (χ3n) is 6.29. The summed E-state index contributed by atoms with van der Waals surface area (Å²) in [7, 11) is 2.97. The highest BCUT2D eigenvalue weighted by Crippen LogP contribution is 2.34. The Kier molecular flexibility index (Phi) is 10.2. The van der Waals surface area contributed by atoms with Crippen molar-refractivity contribution in [3.63, 3.8) is 0 Å². The van der Waals surface area contributed by atoms with Gasteiger partial charge < -0.3 is 28.4 Å². The van der Waals surface area contributed by atoms with Crippen LogP contribution >= 0.6 is 0 Å². The van der Waals surface area contributed by atoms with Crippen LogP contribution in [0.5, 0.6) is 0 Å². The molecule has 2 amide bonds. The lowest BCUT2D eigenvalue weighted by Gasteiger charge is -2.37. The molecule has 0 saturated carbocycles. The maximum atomic E-state index is 13.1. The molecule has 0 N–H and O–H groups in total. The molecule has 0 aromatic heterocycles. The van der Waals surface area contributed by atoms with Gasteiger partial charge in [-0.1, -0.05) is 60.7 Å². The second-order valence-corrected chi connectivity index (χ2v) is 9.90. The molecule has 0 aliphatic carbocycles. The number of rotatable bonds is 13. The Morgan fingerprint density at radius 1 is 0.795 bits per heavy atom. The van der Waals surface area contributed by atoms with Crippen LogP contribution in [0, 0.1) is 0 Å². The van der Waals surface area contributed by atoms with Crippen molar-refractivity contribution in [1.29, 1.82) is 0 Å². The largest absolute Gasteiger partial charge is 0.510 e. The Morgan fingerprint density at radius 3 is 1.79 bits per heavy atom. The van der Waals surface area contributed by atoms with E-state index >= 15 is 0 Å². The van der Waals surface area contributed by atoms with E-state index in [0.717, 1.165) is 10.5 Å². The first kappa shape index (κ1) is 30.2. The second-order valence-electron chi connectivity index (χ2n) is 9.90. The summed E-state index contributed by atoms with van der Waals surface area (Å²) in [6.07, 6.45) is -4.29. The van der Waals surface area contributed by atoms with E-state index < -0.39 is 48.0 Å². The van der Waals surface area contributed by atoms with Gasteiger partial charge in [0.1, 0.15) is 18.8 Å². The maximum absolute atomic E-state index is 13.1. The Labute approximate surface area is 229 Å². The van der Waals surface area contributed by atoms with Crippen molar-refractivity contribution in [3.8, 4) is 0 Å². The zero-order valence-electron chi connectivity index (χ0n) is 23.2. The van der Waals surface area contributed by atoms with Crippen molar-refractivity contribution in [2.24, 2.45) is 0 Å². The highest BCUT2D eigenvalue weighted by Gasteiger charge is 2.45. The summed E-state index contributed by atoms with van der Waals surface area (Å²) in [6.45, 7) is 6.60. The summed E-state index contributed by atoms with van der Waals surface area (Å²) in [5.41, 5.74) is 1.32. The molecule has 39 heavy (non-hydrogen) atoms. The number of ether oxygens (including phenoxy) is 6. The number of carbonyl (C=O) groups excluding carboxylic acids is 3. The SMILES string of the molecule is COC(C)(C)OC(COC(=O)OC(C(OC(C)(C)OC)c1ccccc1)N1C(=O)CCC1=O)c1ccccc1. The summed E-state index contributed by atoms with van der Waals surface area (Å²) < 4.78 is 34.2. The Morgan fingerprint density at radius 2 is 1.28 bits per heavy atom. The molecular weight excluding hydrogens is 506 g/mol. The van der Waals surface area contributed by atoms with E-state index in [2.05, 4.69) is 0 Å². The lowest BCUT2D eigenvalue weighted by molar-refractivity contribution is -0.257. The van der Waals surface area contributed by atoms with Gasteiger partial charge in [0.15, 0.2) is 11.6 Å². The quantitative estimate of drug-likeness (QED) is 0.198. The van der Waals surface area contributed by atoms with E-state index in [1.807, 2.05) is 36.4 Å². The lowest BCUT2D eigenvalue weighted by atomic mass is 10.1. The van der Waals surface area contributed by atoms with Crippen molar-refractivity contribution in [3.05, 3.63) is 71.8 Å². The molecule has 3 atom stereocenters.